The molecule has 0 aromatic heterocycles. The average molecular weight is 236 g/mol. The van der Waals surface area contributed by atoms with Crippen LogP contribution in [0.1, 0.15) is 19.4 Å². The summed E-state index contributed by atoms with van der Waals surface area (Å²) in [5.41, 5.74) is 6.28. The van der Waals surface area contributed by atoms with E-state index >= 15 is 0 Å². The number of nitrogens with two attached hydrogens (primary N) is 1. The molecule has 94 valence electrons. The summed E-state index contributed by atoms with van der Waals surface area (Å²) in [6, 6.07) is 7.80. The molecular weight excluding hydrogens is 216 g/mol. The van der Waals surface area contributed by atoms with Gasteiger partial charge in [0, 0.05) is 12.1 Å². The van der Waals surface area contributed by atoms with E-state index in [0.717, 1.165) is 24.4 Å². The van der Waals surface area contributed by atoms with Crippen molar-refractivity contribution in [3.8, 4) is 5.75 Å². The van der Waals surface area contributed by atoms with Gasteiger partial charge in [0.25, 0.3) is 0 Å². The molecule has 0 heterocycles. The van der Waals surface area contributed by atoms with Crippen molar-refractivity contribution in [3.05, 3.63) is 29.8 Å². The van der Waals surface area contributed by atoms with Crippen LogP contribution in [0.3, 0.4) is 0 Å². The Bertz CT molecular complexity index is 366. The molecular formula is C13H20N2O2. The summed E-state index contributed by atoms with van der Waals surface area (Å²) in [7, 11) is 0. The van der Waals surface area contributed by atoms with Crippen molar-refractivity contribution in [1.29, 1.82) is 0 Å². The van der Waals surface area contributed by atoms with Crippen LogP contribution in [0, 0.1) is 5.92 Å². The largest absolute Gasteiger partial charge is 0.492 e. The van der Waals surface area contributed by atoms with Crippen molar-refractivity contribution in [2.45, 2.75) is 20.4 Å². The second-order valence-corrected chi connectivity index (χ2v) is 4.00. The van der Waals surface area contributed by atoms with E-state index in [-0.39, 0.29) is 11.8 Å². The third kappa shape index (κ3) is 4.44. The van der Waals surface area contributed by atoms with Crippen molar-refractivity contribution < 1.29 is 9.53 Å². The molecule has 0 spiro atoms. The maximum Gasteiger partial charge on any atom is 0.223 e. The molecule has 0 saturated heterocycles. The normalized spacial score (nSPS) is 12.1. The third-order valence-corrected chi connectivity index (χ3v) is 2.51. The van der Waals surface area contributed by atoms with Gasteiger partial charge >= 0.3 is 0 Å². The number of primary amides is 1. The van der Waals surface area contributed by atoms with Crippen molar-refractivity contribution >= 4 is 5.91 Å². The standard InChI is InChI=1S/C13H20N2O2/c1-3-15-8-11-6-4-5-7-12(11)17-9-10(2)13(14)16/h4-7,10,15H,3,8-9H2,1-2H3,(H2,14,16). The Labute approximate surface area is 102 Å². The first kappa shape index (κ1) is 13.5. The Hall–Kier alpha value is -1.55. The summed E-state index contributed by atoms with van der Waals surface area (Å²) in [6.45, 7) is 5.80. The molecule has 0 aliphatic rings. The van der Waals surface area contributed by atoms with Gasteiger partial charge in [0.2, 0.25) is 5.91 Å². The molecule has 17 heavy (non-hydrogen) atoms. The molecule has 1 amide bonds. The van der Waals surface area contributed by atoms with Crippen LogP contribution in [0.15, 0.2) is 24.3 Å². The summed E-state index contributed by atoms with van der Waals surface area (Å²) >= 11 is 0. The first-order valence-corrected chi connectivity index (χ1v) is 5.85. The first-order chi connectivity index (χ1) is 8.15. The lowest BCUT2D eigenvalue weighted by molar-refractivity contribution is -0.122. The van der Waals surface area contributed by atoms with Crippen molar-refractivity contribution in [1.82, 2.24) is 5.32 Å². The quantitative estimate of drug-likeness (QED) is 0.750. The molecule has 1 atom stereocenters. The van der Waals surface area contributed by atoms with Crippen molar-refractivity contribution in [2.75, 3.05) is 13.2 Å². The highest BCUT2D eigenvalue weighted by molar-refractivity contribution is 5.76. The summed E-state index contributed by atoms with van der Waals surface area (Å²) in [4.78, 5) is 10.9. The van der Waals surface area contributed by atoms with Gasteiger partial charge in [-0.2, -0.15) is 0 Å². The van der Waals surface area contributed by atoms with Gasteiger partial charge in [-0.15, -0.1) is 0 Å². The molecule has 0 aliphatic carbocycles. The number of ether oxygens (including phenoxy) is 1. The minimum absolute atomic E-state index is 0.276. The van der Waals surface area contributed by atoms with E-state index in [2.05, 4.69) is 12.2 Å². The van der Waals surface area contributed by atoms with Crippen LogP contribution in [0.4, 0.5) is 0 Å². The Kier molecular flexibility index (Phi) is 5.49. The number of hydrogen-bond donors (Lipinski definition) is 2. The number of benzene rings is 1. The molecule has 1 rings (SSSR count). The summed E-state index contributed by atoms with van der Waals surface area (Å²) in [6.07, 6.45) is 0. The van der Waals surface area contributed by atoms with Gasteiger partial charge in [-0.25, -0.2) is 0 Å². The van der Waals surface area contributed by atoms with Crippen LogP contribution in [0.25, 0.3) is 0 Å². The lowest BCUT2D eigenvalue weighted by atomic mass is 10.1. The Morgan fingerprint density at radius 1 is 1.47 bits per heavy atom. The lowest BCUT2D eigenvalue weighted by Gasteiger charge is -2.13. The SMILES string of the molecule is CCNCc1ccccc1OCC(C)C(N)=O. The summed E-state index contributed by atoms with van der Waals surface area (Å²) < 4.78 is 5.62. The molecule has 1 aromatic rings. The molecule has 4 heteroatoms. The topological polar surface area (TPSA) is 64.3 Å². The fourth-order valence-electron chi connectivity index (χ4n) is 1.35. The Balaban J connectivity index is 2.60. The van der Waals surface area contributed by atoms with Gasteiger partial charge in [-0.3, -0.25) is 4.79 Å². The minimum Gasteiger partial charge on any atom is -0.492 e. The molecule has 1 unspecified atom stereocenters. The molecule has 3 N–H and O–H groups in total. The van der Waals surface area contributed by atoms with Crippen LogP contribution in [0.5, 0.6) is 5.75 Å². The highest BCUT2D eigenvalue weighted by Gasteiger charge is 2.10. The Morgan fingerprint density at radius 3 is 2.82 bits per heavy atom. The van der Waals surface area contributed by atoms with E-state index in [1.807, 2.05) is 24.3 Å². The Morgan fingerprint density at radius 2 is 2.18 bits per heavy atom. The van der Waals surface area contributed by atoms with Crippen LogP contribution in [-0.2, 0) is 11.3 Å². The van der Waals surface area contributed by atoms with Crippen LogP contribution in [-0.4, -0.2) is 19.1 Å². The van der Waals surface area contributed by atoms with Gasteiger partial charge in [-0.1, -0.05) is 32.0 Å². The minimum atomic E-state index is -0.339. The highest BCUT2D eigenvalue weighted by atomic mass is 16.5. The van der Waals surface area contributed by atoms with Crippen LogP contribution in [0.2, 0.25) is 0 Å². The zero-order valence-electron chi connectivity index (χ0n) is 10.4. The lowest BCUT2D eigenvalue weighted by Crippen LogP contribution is -2.26. The number of amides is 1. The molecule has 0 aliphatic heterocycles. The number of nitrogens with one attached hydrogen (secondary N) is 1. The highest BCUT2D eigenvalue weighted by Crippen LogP contribution is 2.18. The van der Waals surface area contributed by atoms with E-state index in [9.17, 15) is 4.79 Å². The van der Waals surface area contributed by atoms with Crippen molar-refractivity contribution in [2.24, 2.45) is 11.7 Å². The van der Waals surface area contributed by atoms with Gasteiger partial charge < -0.3 is 15.8 Å². The predicted molar refractivity (Wildman–Crippen MR) is 67.7 cm³/mol. The van der Waals surface area contributed by atoms with Gasteiger partial charge in [0.05, 0.1) is 12.5 Å². The van der Waals surface area contributed by atoms with Crippen LogP contribution < -0.4 is 15.8 Å². The molecule has 1 aromatic carbocycles. The number of hydrogen-bond acceptors (Lipinski definition) is 3. The summed E-state index contributed by atoms with van der Waals surface area (Å²) in [5.74, 6) is 0.193. The van der Waals surface area contributed by atoms with Gasteiger partial charge in [0.1, 0.15) is 5.75 Å². The molecule has 0 saturated carbocycles. The fourth-order valence-corrected chi connectivity index (χ4v) is 1.35. The number of para-hydroxylation sites is 1. The maximum absolute atomic E-state index is 10.9. The van der Waals surface area contributed by atoms with Gasteiger partial charge in [-0.05, 0) is 12.6 Å². The van der Waals surface area contributed by atoms with Crippen LogP contribution >= 0.6 is 0 Å². The molecule has 0 fully saturated rings. The van der Waals surface area contributed by atoms with E-state index in [1.165, 1.54) is 0 Å². The van der Waals surface area contributed by atoms with E-state index < -0.39 is 0 Å². The molecule has 0 bridgehead atoms. The first-order valence-electron chi connectivity index (χ1n) is 5.85. The molecule has 0 radical (unpaired) electrons. The zero-order valence-corrected chi connectivity index (χ0v) is 10.4. The average Bonchev–Trinajstić information content (AvgIpc) is 2.34. The fraction of sp³-hybridized carbons (Fsp3) is 0.462. The van der Waals surface area contributed by atoms with E-state index in [4.69, 9.17) is 10.5 Å². The second kappa shape index (κ2) is 6.91. The van der Waals surface area contributed by atoms with E-state index in [1.54, 1.807) is 6.92 Å². The summed E-state index contributed by atoms with van der Waals surface area (Å²) in [5, 5.41) is 3.24. The molecule has 4 nitrogen and oxygen atoms in total. The zero-order chi connectivity index (χ0) is 12.7. The van der Waals surface area contributed by atoms with Gasteiger partial charge in [0.15, 0.2) is 0 Å². The third-order valence-electron chi connectivity index (χ3n) is 2.51. The predicted octanol–water partition coefficient (Wildman–Crippen LogP) is 1.30. The number of carbonyl (C=O) groups excluding carboxylic acids is 1. The second-order valence-electron chi connectivity index (χ2n) is 4.00. The van der Waals surface area contributed by atoms with Crippen molar-refractivity contribution in [3.63, 3.8) is 0 Å². The number of rotatable bonds is 7. The monoisotopic (exact) mass is 236 g/mol. The van der Waals surface area contributed by atoms with E-state index in [0.29, 0.717) is 6.61 Å². The smallest absolute Gasteiger partial charge is 0.223 e. The number of carbonyl (C=O) groups is 1. The maximum atomic E-state index is 10.9.